The van der Waals surface area contributed by atoms with E-state index in [2.05, 4.69) is 5.32 Å². The third-order valence-electron chi connectivity index (χ3n) is 4.69. The van der Waals surface area contributed by atoms with Crippen LogP contribution in [0.15, 0.2) is 59.5 Å². The average Bonchev–Trinajstić information content (AvgIpc) is 2.73. The molecule has 0 saturated carbocycles. The van der Waals surface area contributed by atoms with Crippen LogP contribution in [0, 0.1) is 6.92 Å². The van der Waals surface area contributed by atoms with Crippen molar-refractivity contribution in [1.82, 2.24) is 4.31 Å². The van der Waals surface area contributed by atoms with Gasteiger partial charge in [0, 0.05) is 25.2 Å². The van der Waals surface area contributed by atoms with Crippen molar-refractivity contribution in [3.8, 4) is 5.75 Å². The molecule has 0 fully saturated rings. The van der Waals surface area contributed by atoms with Crippen molar-refractivity contribution in [3.63, 3.8) is 0 Å². The average molecular weight is 442 g/mol. The smallest absolute Gasteiger partial charge is 0.342 e. The molecular formula is C22H22N2O6S. The van der Waals surface area contributed by atoms with Gasteiger partial charge in [-0.2, -0.15) is 0 Å². The van der Waals surface area contributed by atoms with Crippen LogP contribution in [0.25, 0.3) is 10.8 Å². The van der Waals surface area contributed by atoms with Gasteiger partial charge in [-0.15, -0.1) is 0 Å². The summed E-state index contributed by atoms with van der Waals surface area (Å²) >= 11 is 0. The molecule has 0 atom stereocenters. The lowest BCUT2D eigenvalue weighted by Crippen LogP contribution is -2.24. The van der Waals surface area contributed by atoms with E-state index < -0.39 is 28.5 Å². The molecule has 0 aliphatic rings. The number of sulfonamides is 1. The first-order valence-electron chi connectivity index (χ1n) is 9.32. The molecule has 31 heavy (non-hydrogen) atoms. The Morgan fingerprint density at radius 3 is 2.48 bits per heavy atom. The van der Waals surface area contributed by atoms with Crippen molar-refractivity contribution in [2.45, 2.75) is 11.8 Å². The largest absolute Gasteiger partial charge is 0.506 e. The number of nitrogens with one attached hydrogen (secondary N) is 1. The first-order chi connectivity index (χ1) is 14.6. The first kappa shape index (κ1) is 22.3. The Bertz CT molecular complexity index is 1270. The third kappa shape index (κ3) is 4.68. The molecular weight excluding hydrogens is 420 g/mol. The van der Waals surface area contributed by atoms with Gasteiger partial charge in [0.1, 0.15) is 11.3 Å². The number of anilines is 1. The molecule has 0 unspecified atom stereocenters. The monoisotopic (exact) mass is 442 g/mol. The highest BCUT2D eigenvalue weighted by Crippen LogP contribution is 2.29. The number of hydrogen-bond acceptors (Lipinski definition) is 6. The van der Waals surface area contributed by atoms with Gasteiger partial charge in [0.05, 0.1) is 4.90 Å². The number of phenolic OH excluding ortho intramolecular Hbond substituents is 1. The maximum absolute atomic E-state index is 12.4. The van der Waals surface area contributed by atoms with Crippen LogP contribution in [0.5, 0.6) is 5.75 Å². The Balaban J connectivity index is 1.70. The van der Waals surface area contributed by atoms with Gasteiger partial charge in [-0.25, -0.2) is 17.5 Å². The van der Waals surface area contributed by atoms with E-state index in [4.69, 9.17) is 4.74 Å². The minimum absolute atomic E-state index is 0.0544. The summed E-state index contributed by atoms with van der Waals surface area (Å²) in [5, 5.41) is 14.1. The quantitative estimate of drug-likeness (QED) is 0.568. The number of benzene rings is 3. The summed E-state index contributed by atoms with van der Waals surface area (Å²) in [6.45, 7) is 1.05. The number of aryl methyl sites for hydroxylation is 1. The summed E-state index contributed by atoms with van der Waals surface area (Å²) in [6.07, 6.45) is 0. The van der Waals surface area contributed by atoms with Crippen molar-refractivity contribution in [2.75, 3.05) is 26.0 Å². The van der Waals surface area contributed by atoms with E-state index in [1.54, 1.807) is 43.3 Å². The van der Waals surface area contributed by atoms with Crippen LogP contribution < -0.4 is 5.32 Å². The van der Waals surface area contributed by atoms with E-state index in [0.29, 0.717) is 10.9 Å². The van der Waals surface area contributed by atoms with E-state index in [0.717, 1.165) is 9.69 Å². The number of ether oxygens (including phenoxy) is 1. The lowest BCUT2D eigenvalue weighted by atomic mass is 10.1. The zero-order chi connectivity index (χ0) is 22.8. The number of carbonyl (C=O) groups excluding carboxylic acids is 2. The summed E-state index contributed by atoms with van der Waals surface area (Å²) in [5.74, 6) is -1.72. The second kappa shape index (κ2) is 8.75. The third-order valence-corrected chi connectivity index (χ3v) is 6.64. The Hall–Kier alpha value is -3.43. The summed E-state index contributed by atoms with van der Waals surface area (Å²) in [6, 6.07) is 14.6. The van der Waals surface area contributed by atoms with Crippen molar-refractivity contribution in [2.24, 2.45) is 0 Å². The highest BCUT2D eigenvalue weighted by atomic mass is 32.2. The molecule has 0 aliphatic carbocycles. The van der Waals surface area contributed by atoms with Gasteiger partial charge in [0.2, 0.25) is 10.0 Å². The van der Waals surface area contributed by atoms with Gasteiger partial charge < -0.3 is 15.2 Å². The van der Waals surface area contributed by atoms with Crippen LogP contribution in [0.4, 0.5) is 5.69 Å². The number of amides is 1. The number of esters is 1. The highest BCUT2D eigenvalue weighted by molar-refractivity contribution is 7.89. The summed E-state index contributed by atoms with van der Waals surface area (Å²) in [7, 11) is -0.845. The van der Waals surface area contributed by atoms with E-state index in [1.165, 1.54) is 26.2 Å². The molecule has 3 rings (SSSR count). The van der Waals surface area contributed by atoms with Crippen molar-refractivity contribution >= 4 is 38.4 Å². The number of fused-ring (bicyclic) bond motifs is 1. The molecule has 0 saturated heterocycles. The van der Waals surface area contributed by atoms with Crippen LogP contribution in [-0.4, -0.2) is 50.4 Å². The van der Waals surface area contributed by atoms with E-state index in [-0.39, 0.29) is 21.9 Å². The molecule has 2 N–H and O–H groups in total. The Kier molecular flexibility index (Phi) is 6.28. The summed E-state index contributed by atoms with van der Waals surface area (Å²) in [5.41, 5.74) is 0.728. The predicted molar refractivity (Wildman–Crippen MR) is 117 cm³/mol. The fourth-order valence-electron chi connectivity index (χ4n) is 2.98. The van der Waals surface area contributed by atoms with Crippen LogP contribution >= 0.6 is 0 Å². The van der Waals surface area contributed by atoms with Gasteiger partial charge in [-0.05, 0) is 36.1 Å². The van der Waals surface area contributed by atoms with Gasteiger partial charge in [-0.1, -0.05) is 36.4 Å². The van der Waals surface area contributed by atoms with E-state index in [1.807, 2.05) is 6.07 Å². The first-order valence-corrected chi connectivity index (χ1v) is 10.8. The van der Waals surface area contributed by atoms with Crippen LogP contribution in [0.3, 0.4) is 0 Å². The van der Waals surface area contributed by atoms with Gasteiger partial charge >= 0.3 is 5.97 Å². The lowest BCUT2D eigenvalue weighted by molar-refractivity contribution is -0.119. The van der Waals surface area contributed by atoms with Crippen LogP contribution in [0.1, 0.15) is 15.9 Å². The number of aromatic hydroxyl groups is 1. The van der Waals surface area contributed by atoms with Gasteiger partial charge in [-0.3, -0.25) is 4.79 Å². The minimum Gasteiger partial charge on any atom is -0.506 e. The Morgan fingerprint density at radius 1 is 1.06 bits per heavy atom. The minimum atomic E-state index is -3.68. The van der Waals surface area contributed by atoms with Crippen LogP contribution in [-0.2, 0) is 19.6 Å². The van der Waals surface area contributed by atoms with E-state index >= 15 is 0 Å². The molecule has 1 amide bonds. The molecule has 0 radical (unpaired) electrons. The molecule has 8 nitrogen and oxygen atoms in total. The van der Waals surface area contributed by atoms with Gasteiger partial charge in [0.25, 0.3) is 5.91 Å². The molecule has 162 valence electrons. The number of nitrogens with zero attached hydrogens (tertiary/aromatic N) is 1. The van der Waals surface area contributed by atoms with Crippen molar-refractivity contribution in [1.29, 1.82) is 0 Å². The molecule has 0 heterocycles. The Labute approximate surface area is 180 Å². The highest BCUT2D eigenvalue weighted by Gasteiger charge is 2.21. The zero-order valence-electron chi connectivity index (χ0n) is 17.2. The maximum atomic E-state index is 12.4. The molecule has 3 aromatic rings. The predicted octanol–water partition coefficient (Wildman–Crippen LogP) is 2.90. The fraction of sp³-hybridized carbons (Fsp3) is 0.182. The molecule has 0 aliphatic heterocycles. The summed E-state index contributed by atoms with van der Waals surface area (Å²) in [4.78, 5) is 24.6. The van der Waals surface area contributed by atoms with Crippen LogP contribution in [0.2, 0.25) is 0 Å². The SMILES string of the molecule is Cc1ccc(NC(=O)COC(=O)c2ccc3ccccc3c2O)cc1S(=O)(=O)N(C)C. The Morgan fingerprint density at radius 2 is 1.77 bits per heavy atom. The number of rotatable bonds is 6. The zero-order valence-corrected chi connectivity index (χ0v) is 18.1. The maximum Gasteiger partial charge on any atom is 0.342 e. The second-order valence-electron chi connectivity index (χ2n) is 7.07. The molecule has 3 aromatic carbocycles. The van der Waals surface area contributed by atoms with Crippen molar-refractivity contribution < 1.29 is 27.9 Å². The lowest BCUT2D eigenvalue weighted by Gasteiger charge is -2.15. The fourth-order valence-corrected chi connectivity index (χ4v) is 4.12. The molecule has 0 aromatic heterocycles. The summed E-state index contributed by atoms with van der Waals surface area (Å²) < 4.78 is 30.9. The standard InChI is InChI=1S/C22H22N2O6S/c1-14-8-10-16(12-19(14)31(28,29)24(2)3)23-20(25)13-30-22(27)18-11-9-15-6-4-5-7-17(15)21(18)26/h4-12,26H,13H2,1-3H3,(H,23,25). The molecule has 0 spiro atoms. The number of carbonyl (C=O) groups is 2. The molecule has 9 heteroatoms. The van der Waals surface area contributed by atoms with Crippen molar-refractivity contribution in [3.05, 3.63) is 65.7 Å². The normalized spacial score (nSPS) is 11.5. The van der Waals surface area contributed by atoms with Gasteiger partial charge in [0.15, 0.2) is 6.61 Å². The molecule has 0 bridgehead atoms. The topological polar surface area (TPSA) is 113 Å². The number of phenols is 1. The second-order valence-corrected chi connectivity index (χ2v) is 9.20. The van der Waals surface area contributed by atoms with E-state index in [9.17, 15) is 23.1 Å². The number of hydrogen-bond donors (Lipinski definition) is 2.